The molecule has 1 unspecified atom stereocenters. The number of nitrogens with zero attached hydrogens (tertiary/aromatic N) is 2. The van der Waals surface area contributed by atoms with Crippen molar-refractivity contribution in [3.05, 3.63) is 18.3 Å². The largest absolute Gasteiger partial charge is 0.373 e. The summed E-state index contributed by atoms with van der Waals surface area (Å²) >= 11 is 0. The monoisotopic (exact) mass is 298 g/mol. The quantitative estimate of drug-likeness (QED) is 0.810. The number of pyridine rings is 1. The first-order valence-corrected chi connectivity index (χ1v) is 8.39. The number of nitrogens with one attached hydrogen (secondary N) is 2. The molecule has 2 rings (SSSR count). The molecule has 0 saturated carbocycles. The maximum Gasteiger partial charge on any atom is 0.242 e. The Balaban J connectivity index is 1.93. The second-order valence-corrected chi connectivity index (χ2v) is 6.80. The minimum absolute atomic E-state index is 0.210. The van der Waals surface area contributed by atoms with E-state index < -0.39 is 10.0 Å². The molecule has 20 heavy (non-hydrogen) atoms. The molecule has 0 aromatic carbocycles. The van der Waals surface area contributed by atoms with Gasteiger partial charge in [-0.3, -0.25) is 0 Å². The van der Waals surface area contributed by atoms with Gasteiger partial charge >= 0.3 is 0 Å². The Hall–Kier alpha value is -1.18. The Bertz CT molecular complexity index is 530. The Morgan fingerprint density at radius 1 is 1.45 bits per heavy atom. The van der Waals surface area contributed by atoms with Crippen LogP contribution in [0.3, 0.4) is 0 Å². The van der Waals surface area contributed by atoms with E-state index in [4.69, 9.17) is 0 Å². The second kappa shape index (κ2) is 6.51. The molecular formula is C13H22N4O2S. The van der Waals surface area contributed by atoms with Crippen molar-refractivity contribution in [2.24, 2.45) is 5.92 Å². The van der Waals surface area contributed by atoms with Crippen molar-refractivity contribution in [3.8, 4) is 0 Å². The molecular weight excluding hydrogens is 276 g/mol. The fourth-order valence-corrected chi connectivity index (χ4v) is 3.43. The first-order valence-electron chi connectivity index (χ1n) is 6.91. The summed E-state index contributed by atoms with van der Waals surface area (Å²) < 4.78 is 27.0. The number of likely N-dealkylation sites (tertiary alicyclic amines) is 1. The Morgan fingerprint density at radius 3 is 2.80 bits per heavy atom. The molecule has 7 heteroatoms. The predicted octanol–water partition coefficient (Wildman–Crippen LogP) is 0.743. The summed E-state index contributed by atoms with van der Waals surface area (Å²) in [6.45, 7) is 5.67. The average Bonchev–Trinajstić information content (AvgIpc) is 2.93. The fourth-order valence-electron chi connectivity index (χ4n) is 2.36. The van der Waals surface area contributed by atoms with Gasteiger partial charge in [0.2, 0.25) is 10.0 Å². The molecule has 1 aliphatic rings. The molecule has 2 N–H and O–H groups in total. The topological polar surface area (TPSA) is 74.3 Å². The van der Waals surface area contributed by atoms with Gasteiger partial charge in [-0.05, 0) is 37.6 Å². The van der Waals surface area contributed by atoms with Crippen LogP contribution < -0.4 is 10.0 Å². The van der Waals surface area contributed by atoms with Crippen molar-refractivity contribution in [2.45, 2.75) is 18.2 Å². The minimum Gasteiger partial charge on any atom is -0.373 e. The summed E-state index contributed by atoms with van der Waals surface area (Å²) in [7, 11) is -1.71. The van der Waals surface area contributed by atoms with Crippen molar-refractivity contribution in [3.63, 3.8) is 0 Å². The summed E-state index contributed by atoms with van der Waals surface area (Å²) in [6.07, 6.45) is 2.43. The lowest BCUT2D eigenvalue weighted by atomic mass is 10.1. The molecule has 1 saturated heterocycles. The van der Waals surface area contributed by atoms with E-state index in [1.807, 2.05) is 0 Å². The van der Waals surface area contributed by atoms with Crippen molar-refractivity contribution in [1.29, 1.82) is 0 Å². The maximum absolute atomic E-state index is 12.2. The van der Waals surface area contributed by atoms with E-state index in [2.05, 4.69) is 26.8 Å². The molecule has 1 fully saturated rings. The Kier molecular flexibility index (Phi) is 4.95. The van der Waals surface area contributed by atoms with Crippen LogP contribution in [-0.2, 0) is 10.0 Å². The molecule has 0 amide bonds. The predicted molar refractivity (Wildman–Crippen MR) is 79.2 cm³/mol. The van der Waals surface area contributed by atoms with Crippen LogP contribution in [0.25, 0.3) is 0 Å². The van der Waals surface area contributed by atoms with Gasteiger partial charge in [0.1, 0.15) is 10.7 Å². The van der Waals surface area contributed by atoms with Gasteiger partial charge in [0.15, 0.2) is 0 Å². The molecule has 0 aliphatic carbocycles. The highest BCUT2D eigenvalue weighted by Crippen LogP contribution is 2.16. The van der Waals surface area contributed by atoms with E-state index in [9.17, 15) is 8.42 Å². The zero-order valence-corrected chi connectivity index (χ0v) is 12.8. The fraction of sp³-hybridized carbons (Fsp3) is 0.615. The summed E-state index contributed by atoms with van der Waals surface area (Å²) in [4.78, 5) is 6.58. The molecule has 2 heterocycles. The Morgan fingerprint density at radius 2 is 2.25 bits per heavy atom. The van der Waals surface area contributed by atoms with Crippen LogP contribution in [0.4, 0.5) is 5.82 Å². The zero-order chi connectivity index (χ0) is 14.6. The second-order valence-electron chi connectivity index (χ2n) is 5.03. The van der Waals surface area contributed by atoms with Gasteiger partial charge in [-0.2, -0.15) is 0 Å². The van der Waals surface area contributed by atoms with E-state index >= 15 is 0 Å². The minimum atomic E-state index is -3.46. The van der Waals surface area contributed by atoms with E-state index in [1.165, 1.54) is 6.20 Å². The van der Waals surface area contributed by atoms with Crippen LogP contribution in [-0.4, -0.2) is 51.5 Å². The van der Waals surface area contributed by atoms with Gasteiger partial charge in [-0.25, -0.2) is 18.1 Å². The van der Waals surface area contributed by atoms with E-state index in [0.717, 1.165) is 26.1 Å². The normalized spacial score (nSPS) is 20.2. The van der Waals surface area contributed by atoms with Gasteiger partial charge in [0.05, 0.1) is 0 Å². The lowest BCUT2D eigenvalue weighted by Crippen LogP contribution is -2.31. The lowest BCUT2D eigenvalue weighted by Gasteiger charge is -2.14. The number of aromatic nitrogens is 1. The molecule has 0 spiro atoms. The Labute approximate surface area is 120 Å². The highest BCUT2D eigenvalue weighted by Gasteiger charge is 2.23. The third kappa shape index (κ3) is 3.68. The third-order valence-electron chi connectivity index (χ3n) is 3.68. The number of hydrogen-bond acceptors (Lipinski definition) is 5. The smallest absolute Gasteiger partial charge is 0.242 e. The average molecular weight is 298 g/mol. The molecule has 1 atom stereocenters. The van der Waals surface area contributed by atoms with Gasteiger partial charge in [-0.1, -0.05) is 6.92 Å². The number of rotatable bonds is 6. The van der Waals surface area contributed by atoms with Crippen molar-refractivity contribution < 1.29 is 8.42 Å². The van der Waals surface area contributed by atoms with Gasteiger partial charge in [0.25, 0.3) is 0 Å². The summed E-state index contributed by atoms with van der Waals surface area (Å²) in [5, 5.41) is 2.86. The van der Waals surface area contributed by atoms with E-state index in [-0.39, 0.29) is 4.90 Å². The molecule has 112 valence electrons. The van der Waals surface area contributed by atoms with E-state index in [0.29, 0.717) is 18.3 Å². The number of anilines is 1. The molecule has 0 bridgehead atoms. The summed E-state index contributed by atoms with van der Waals surface area (Å²) in [6, 6.07) is 3.22. The number of hydrogen-bond donors (Lipinski definition) is 2. The molecule has 6 nitrogen and oxygen atoms in total. The summed E-state index contributed by atoms with van der Waals surface area (Å²) in [5.74, 6) is 1.05. The van der Waals surface area contributed by atoms with Crippen molar-refractivity contribution in [1.82, 2.24) is 14.6 Å². The van der Waals surface area contributed by atoms with E-state index in [1.54, 1.807) is 19.2 Å². The molecule has 1 aliphatic heterocycles. The van der Waals surface area contributed by atoms with Crippen LogP contribution in [0.2, 0.25) is 0 Å². The van der Waals surface area contributed by atoms with Crippen LogP contribution >= 0.6 is 0 Å². The van der Waals surface area contributed by atoms with Crippen LogP contribution in [0.15, 0.2) is 23.2 Å². The standard InChI is InChI=1S/C13H22N4O2S/c1-3-17-7-6-11(10-17)8-16-20(18,19)12-4-5-13(14-2)15-9-12/h4-5,9,11,16H,3,6-8,10H2,1-2H3,(H,14,15). The van der Waals surface area contributed by atoms with Gasteiger partial charge in [0, 0.05) is 26.3 Å². The SMILES string of the molecule is CCN1CCC(CNS(=O)(=O)c2ccc(NC)nc2)C1. The van der Waals surface area contributed by atoms with Crippen LogP contribution in [0, 0.1) is 5.92 Å². The van der Waals surface area contributed by atoms with Gasteiger partial charge < -0.3 is 10.2 Å². The molecule has 1 aromatic heterocycles. The van der Waals surface area contributed by atoms with Crippen molar-refractivity contribution in [2.75, 3.05) is 38.5 Å². The lowest BCUT2D eigenvalue weighted by molar-refractivity contribution is 0.342. The van der Waals surface area contributed by atoms with Crippen LogP contribution in [0.5, 0.6) is 0 Å². The van der Waals surface area contributed by atoms with Gasteiger partial charge in [-0.15, -0.1) is 0 Å². The first-order chi connectivity index (χ1) is 9.55. The number of sulfonamides is 1. The van der Waals surface area contributed by atoms with Crippen molar-refractivity contribution >= 4 is 15.8 Å². The molecule has 0 radical (unpaired) electrons. The maximum atomic E-state index is 12.2. The zero-order valence-electron chi connectivity index (χ0n) is 12.0. The highest BCUT2D eigenvalue weighted by molar-refractivity contribution is 7.89. The highest BCUT2D eigenvalue weighted by atomic mass is 32.2. The van der Waals surface area contributed by atoms with Crippen LogP contribution in [0.1, 0.15) is 13.3 Å². The summed E-state index contributed by atoms with van der Waals surface area (Å²) in [5.41, 5.74) is 0. The third-order valence-corrected chi connectivity index (χ3v) is 5.09. The first kappa shape index (κ1) is 15.2. The molecule has 1 aromatic rings.